The molecule has 180 valence electrons. The second kappa shape index (κ2) is 10.00. The van der Waals surface area contributed by atoms with Gasteiger partial charge in [0, 0.05) is 44.9 Å². The fraction of sp³-hybridized carbons (Fsp3) is 0.308. The molecule has 0 spiro atoms. The molecule has 3 heterocycles. The molecule has 35 heavy (non-hydrogen) atoms. The standard InChI is InChI=1S/C26H26ClFN6O/c1-18-24-25(33-15-13-32(14-16-33)23(35)11-12-27)29-22(17-19-5-3-2-4-6-19)30-26(24)34(31-18)21-9-7-20(28)8-10-21/h2-10H,11-17H2,1H3. The largest absolute Gasteiger partial charge is 0.352 e. The second-order valence-corrected chi connectivity index (χ2v) is 8.98. The molecule has 2 aromatic heterocycles. The Hall–Kier alpha value is -3.52. The number of rotatable bonds is 6. The number of aromatic nitrogens is 4. The number of piperazine rings is 1. The van der Waals surface area contributed by atoms with Gasteiger partial charge in [-0.15, -0.1) is 11.6 Å². The van der Waals surface area contributed by atoms with Crippen LogP contribution in [0.15, 0.2) is 54.6 Å². The zero-order valence-corrected chi connectivity index (χ0v) is 20.2. The maximum absolute atomic E-state index is 13.6. The zero-order valence-electron chi connectivity index (χ0n) is 19.5. The lowest BCUT2D eigenvalue weighted by atomic mass is 10.1. The summed E-state index contributed by atoms with van der Waals surface area (Å²) >= 11 is 5.76. The molecule has 0 aliphatic carbocycles. The fourth-order valence-corrected chi connectivity index (χ4v) is 4.62. The molecule has 1 saturated heterocycles. The molecule has 0 N–H and O–H groups in total. The SMILES string of the molecule is Cc1nn(-c2ccc(F)cc2)c2nc(Cc3ccccc3)nc(N3CCN(C(=O)CCCl)CC3)c12. The molecule has 0 atom stereocenters. The Labute approximate surface area is 208 Å². The Bertz CT molecular complexity index is 1330. The van der Waals surface area contributed by atoms with Crippen LogP contribution in [-0.4, -0.2) is 62.6 Å². The first-order chi connectivity index (χ1) is 17.0. The molecule has 0 bridgehead atoms. The molecular formula is C26H26ClFN6O. The first kappa shape index (κ1) is 23.2. The summed E-state index contributed by atoms with van der Waals surface area (Å²) in [6, 6.07) is 16.3. The van der Waals surface area contributed by atoms with Crippen LogP contribution in [0, 0.1) is 12.7 Å². The van der Waals surface area contributed by atoms with Crippen LogP contribution < -0.4 is 4.90 Å². The lowest BCUT2D eigenvalue weighted by Gasteiger charge is -2.35. The summed E-state index contributed by atoms with van der Waals surface area (Å²) in [6.45, 7) is 4.48. The van der Waals surface area contributed by atoms with Crippen molar-refractivity contribution in [1.29, 1.82) is 0 Å². The van der Waals surface area contributed by atoms with Gasteiger partial charge in [0.05, 0.1) is 16.8 Å². The fourth-order valence-electron chi connectivity index (χ4n) is 4.46. The normalized spacial score (nSPS) is 14.0. The van der Waals surface area contributed by atoms with Crippen molar-refractivity contribution in [2.75, 3.05) is 37.0 Å². The van der Waals surface area contributed by atoms with Crippen LogP contribution in [0.25, 0.3) is 16.7 Å². The van der Waals surface area contributed by atoms with Crippen molar-refractivity contribution in [2.24, 2.45) is 0 Å². The van der Waals surface area contributed by atoms with Crippen LogP contribution in [0.5, 0.6) is 0 Å². The van der Waals surface area contributed by atoms with Gasteiger partial charge >= 0.3 is 0 Å². The topological polar surface area (TPSA) is 67.2 Å². The number of carbonyl (C=O) groups is 1. The van der Waals surface area contributed by atoms with E-state index in [9.17, 15) is 9.18 Å². The van der Waals surface area contributed by atoms with Crippen molar-refractivity contribution < 1.29 is 9.18 Å². The molecule has 1 aliphatic rings. The smallest absolute Gasteiger partial charge is 0.223 e. The first-order valence-electron chi connectivity index (χ1n) is 11.7. The summed E-state index contributed by atoms with van der Waals surface area (Å²) in [4.78, 5) is 26.3. The minimum absolute atomic E-state index is 0.0811. The number of halogens is 2. The maximum atomic E-state index is 13.6. The van der Waals surface area contributed by atoms with Gasteiger partial charge in [0.25, 0.3) is 0 Å². The Morgan fingerprint density at radius 3 is 2.40 bits per heavy atom. The van der Waals surface area contributed by atoms with Gasteiger partial charge in [-0.2, -0.15) is 5.10 Å². The van der Waals surface area contributed by atoms with Crippen LogP contribution >= 0.6 is 11.6 Å². The number of hydrogen-bond donors (Lipinski definition) is 0. The predicted octanol–water partition coefficient (Wildman–Crippen LogP) is 4.13. The Balaban J connectivity index is 1.56. The van der Waals surface area contributed by atoms with Crippen molar-refractivity contribution in [1.82, 2.24) is 24.6 Å². The minimum atomic E-state index is -0.302. The van der Waals surface area contributed by atoms with Gasteiger partial charge in [-0.05, 0) is 36.8 Å². The molecule has 1 aliphatic heterocycles. The summed E-state index contributed by atoms with van der Waals surface area (Å²) in [5.74, 6) is 1.61. The Morgan fingerprint density at radius 1 is 1.00 bits per heavy atom. The number of carbonyl (C=O) groups excluding carboxylic acids is 1. The highest BCUT2D eigenvalue weighted by atomic mass is 35.5. The van der Waals surface area contributed by atoms with E-state index in [4.69, 9.17) is 26.7 Å². The molecule has 1 amide bonds. The first-order valence-corrected chi connectivity index (χ1v) is 12.2. The third-order valence-electron chi connectivity index (χ3n) is 6.25. The van der Waals surface area contributed by atoms with Crippen molar-refractivity contribution in [2.45, 2.75) is 19.8 Å². The molecular weight excluding hydrogens is 467 g/mol. The maximum Gasteiger partial charge on any atom is 0.223 e. The summed E-state index contributed by atoms with van der Waals surface area (Å²) in [5.41, 5.74) is 3.33. The van der Waals surface area contributed by atoms with E-state index in [1.807, 2.05) is 30.0 Å². The molecule has 0 unspecified atom stereocenters. The molecule has 1 fully saturated rings. The van der Waals surface area contributed by atoms with E-state index < -0.39 is 0 Å². The van der Waals surface area contributed by atoms with E-state index in [-0.39, 0.29) is 11.7 Å². The van der Waals surface area contributed by atoms with Crippen LogP contribution in [0.4, 0.5) is 10.2 Å². The summed E-state index contributed by atoms with van der Waals surface area (Å²) in [6.07, 6.45) is 0.926. The van der Waals surface area contributed by atoms with Gasteiger partial charge < -0.3 is 9.80 Å². The van der Waals surface area contributed by atoms with Crippen molar-refractivity contribution in [3.63, 3.8) is 0 Å². The summed E-state index contributed by atoms with van der Waals surface area (Å²) < 4.78 is 15.3. The predicted molar refractivity (Wildman–Crippen MR) is 135 cm³/mol. The van der Waals surface area contributed by atoms with E-state index in [2.05, 4.69) is 17.0 Å². The molecule has 0 saturated carbocycles. The van der Waals surface area contributed by atoms with E-state index in [1.54, 1.807) is 16.8 Å². The molecule has 7 nitrogen and oxygen atoms in total. The van der Waals surface area contributed by atoms with Crippen molar-refractivity contribution >= 4 is 34.4 Å². The average Bonchev–Trinajstić information content (AvgIpc) is 3.21. The monoisotopic (exact) mass is 492 g/mol. The highest BCUT2D eigenvalue weighted by Crippen LogP contribution is 2.30. The quantitative estimate of drug-likeness (QED) is 0.379. The summed E-state index contributed by atoms with van der Waals surface area (Å²) in [7, 11) is 0. The molecule has 9 heteroatoms. The number of fused-ring (bicyclic) bond motifs is 1. The lowest BCUT2D eigenvalue weighted by molar-refractivity contribution is -0.131. The van der Waals surface area contributed by atoms with Gasteiger partial charge in [-0.25, -0.2) is 19.0 Å². The van der Waals surface area contributed by atoms with E-state index in [0.717, 1.165) is 28.1 Å². The van der Waals surface area contributed by atoms with E-state index >= 15 is 0 Å². The molecule has 2 aromatic carbocycles. The Morgan fingerprint density at radius 2 is 1.71 bits per heavy atom. The third-order valence-corrected chi connectivity index (χ3v) is 6.44. The van der Waals surface area contributed by atoms with Gasteiger partial charge in [0.15, 0.2) is 5.65 Å². The van der Waals surface area contributed by atoms with Crippen molar-refractivity contribution in [3.8, 4) is 5.69 Å². The van der Waals surface area contributed by atoms with Crippen LogP contribution in [-0.2, 0) is 11.2 Å². The van der Waals surface area contributed by atoms with Crippen LogP contribution in [0.3, 0.4) is 0 Å². The van der Waals surface area contributed by atoms with Gasteiger partial charge in [0.2, 0.25) is 5.91 Å². The number of hydrogen-bond acceptors (Lipinski definition) is 5. The van der Waals surface area contributed by atoms with Gasteiger partial charge in [-0.1, -0.05) is 30.3 Å². The second-order valence-electron chi connectivity index (χ2n) is 8.60. The number of anilines is 1. The molecule has 4 aromatic rings. The van der Waals surface area contributed by atoms with E-state index in [1.165, 1.54) is 12.1 Å². The lowest BCUT2D eigenvalue weighted by Crippen LogP contribution is -2.49. The Kier molecular flexibility index (Phi) is 6.63. The van der Waals surface area contributed by atoms with Crippen LogP contribution in [0.2, 0.25) is 0 Å². The minimum Gasteiger partial charge on any atom is -0.352 e. The number of alkyl halides is 1. The number of benzene rings is 2. The van der Waals surface area contributed by atoms with E-state index in [0.29, 0.717) is 56.4 Å². The average molecular weight is 493 g/mol. The van der Waals surface area contributed by atoms with Crippen molar-refractivity contribution in [3.05, 3.63) is 77.5 Å². The molecule has 5 rings (SSSR count). The highest BCUT2D eigenvalue weighted by Gasteiger charge is 2.26. The number of amides is 1. The zero-order chi connectivity index (χ0) is 24.4. The number of nitrogens with zero attached hydrogens (tertiary/aromatic N) is 6. The van der Waals surface area contributed by atoms with Gasteiger partial charge in [-0.3, -0.25) is 4.79 Å². The summed E-state index contributed by atoms with van der Waals surface area (Å²) in [5, 5.41) is 5.61. The molecule has 0 radical (unpaired) electrons. The highest BCUT2D eigenvalue weighted by molar-refractivity contribution is 6.18. The van der Waals surface area contributed by atoms with Gasteiger partial charge in [0.1, 0.15) is 17.5 Å². The number of aryl methyl sites for hydroxylation is 1. The third kappa shape index (κ3) is 4.84. The van der Waals surface area contributed by atoms with Crippen LogP contribution in [0.1, 0.15) is 23.5 Å².